The first-order valence-corrected chi connectivity index (χ1v) is 11.0. The molecule has 2 N–H and O–H groups in total. The molecule has 0 heterocycles. The fourth-order valence-electron chi connectivity index (χ4n) is 2.66. The van der Waals surface area contributed by atoms with Crippen molar-refractivity contribution in [2.24, 2.45) is 0 Å². The number of halogens is 5. The molecule has 4 nitrogen and oxygen atoms in total. The Morgan fingerprint density at radius 3 is 2.37 bits per heavy atom. The van der Waals surface area contributed by atoms with Gasteiger partial charge >= 0.3 is 0 Å². The van der Waals surface area contributed by atoms with Crippen LogP contribution in [0.5, 0.6) is 11.5 Å². The van der Waals surface area contributed by atoms with Crippen LogP contribution in [0.4, 0.5) is 0 Å². The average molecular weight is 563 g/mol. The third-order valence-corrected chi connectivity index (χ3v) is 5.22. The zero-order valence-corrected chi connectivity index (χ0v) is 21.8. The second-order valence-electron chi connectivity index (χ2n) is 6.25. The van der Waals surface area contributed by atoms with E-state index in [1.165, 1.54) is 0 Å². The van der Waals surface area contributed by atoms with E-state index in [9.17, 15) is 0 Å². The van der Waals surface area contributed by atoms with Crippen LogP contribution in [-0.4, -0.2) is 26.2 Å². The summed E-state index contributed by atoms with van der Waals surface area (Å²) in [5.74, 6) is 1.38. The van der Waals surface area contributed by atoms with Gasteiger partial charge in [0, 0.05) is 22.2 Å². The predicted molar refractivity (Wildman–Crippen MR) is 135 cm³/mol. The first-order chi connectivity index (χ1) is 13.5. The molecule has 0 spiro atoms. The number of nitrogens with one attached hydrogen (secondary N) is 2. The van der Waals surface area contributed by atoms with E-state index in [0.717, 1.165) is 48.2 Å². The van der Waals surface area contributed by atoms with E-state index in [4.69, 9.17) is 32.7 Å². The summed E-state index contributed by atoms with van der Waals surface area (Å²) in [6, 6.07) is 9.45. The molecule has 0 saturated heterocycles. The number of hydrogen-bond donors (Lipinski definition) is 2. The third-order valence-electron chi connectivity index (χ3n) is 4.04. The molecule has 2 rings (SSSR count). The minimum Gasteiger partial charge on any atom is -0.490 e. The number of hydrogen-bond acceptors (Lipinski definition) is 4. The predicted octanol–water partition coefficient (Wildman–Crippen LogP) is 6.67. The largest absolute Gasteiger partial charge is 0.490 e. The SMILES string of the molecule is CCNCCCNCc1cc(Br)c(OCc2ccc(Cl)cc2Cl)c(OCC)c1.Cl.Cl. The minimum atomic E-state index is 0. The van der Waals surface area contributed by atoms with Crippen LogP contribution < -0.4 is 20.1 Å². The van der Waals surface area contributed by atoms with Crippen LogP contribution in [0.15, 0.2) is 34.8 Å². The minimum absolute atomic E-state index is 0. The van der Waals surface area contributed by atoms with Crippen LogP contribution in [0, 0.1) is 0 Å². The summed E-state index contributed by atoms with van der Waals surface area (Å²) in [5, 5.41) is 7.97. The smallest absolute Gasteiger partial charge is 0.175 e. The maximum absolute atomic E-state index is 6.24. The van der Waals surface area contributed by atoms with Gasteiger partial charge in [0.15, 0.2) is 11.5 Å². The van der Waals surface area contributed by atoms with Gasteiger partial charge in [-0.15, -0.1) is 24.8 Å². The molecule has 0 radical (unpaired) electrons. The fraction of sp³-hybridized carbons (Fsp3) is 0.429. The van der Waals surface area contributed by atoms with Crippen LogP contribution in [0.2, 0.25) is 10.0 Å². The van der Waals surface area contributed by atoms with E-state index in [0.29, 0.717) is 34.8 Å². The molecule has 0 aliphatic heterocycles. The maximum atomic E-state index is 6.24. The van der Waals surface area contributed by atoms with Gasteiger partial charge in [0.2, 0.25) is 0 Å². The van der Waals surface area contributed by atoms with Gasteiger partial charge in [0.05, 0.1) is 11.1 Å². The monoisotopic (exact) mass is 560 g/mol. The summed E-state index contributed by atoms with van der Waals surface area (Å²) >= 11 is 15.8. The summed E-state index contributed by atoms with van der Waals surface area (Å²) in [6.45, 7) is 8.73. The van der Waals surface area contributed by atoms with E-state index in [1.807, 2.05) is 19.1 Å². The van der Waals surface area contributed by atoms with Crippen LogP contribution in [-0.2, 0) is 13.2 Å². The summed E-state index contributed by atoms with van der Waals surface area (Å²) < 4.78 is 12.7. The highest BCUT2D eigenvalue weighted by molar-refractivity contribution is 9.10. The van der Waals surface area contributed by atoms with Crippen molar-refractivity contribution in [2.45, 2.75) is 33.4 Å². The topological polar surface area (TPSA) is 42.5 Å². The molecule has 0 amide bonds. The Balaban J connectivity index is 0.00000420. The Labute approximate surface area is 210 Å². The summed E-state index contributed by atoms with van der Waals surface area (Å²) in [7, 11) is 0. The van der Waals surface area contributed by atoms with E-state index in [1.54, 1.807) is 12.1 Å². The van der Waals surface area contributed by atoms with Crippen molar-refractivity contribution < 1.29 is 9.47 Å². The van der Waals surface area contributed by atoms with Gasteiger partial charge < -0.3 is 20.1 Å². The molecule has 2 aromatic carbocycles. The van der Waals surface area contributed by atoms with Crippen molar-refractivity contribution in [1.82, 2.24) is 10.6 Å². The number of benzene rings is 2. The molecule has 170 valence electrons. The van der Waals surface area contributed by atoms with Crippen molar-refractivity contribution in [3.63, 3.8) is 0 Å². The lowest BCUT2D eigenvalue weighted by molar-refractivity contribution is 0.267. The van der Waals surface area contributed by atoms with Gasteiger partial charge in [-0.05, 0) is 78.7 Å². The molecule has 0 saturated carbocycles. The molecule has 2 aromatic rings. The molecule has 0 fully saturated rings. The van der Waals surface area contributed by atoms with Gasteiger partial charge in [-0.3, -0.25) is 0 Å². The van der Waals surface area contributed by atoms with Gasteiger partial charge in [-0.1, -0.05) is 36.2 Å². The highest BCUT2D eigenvalue weighted by Gasteiger charge is 2.13. The zero-order valence-electron chi connectivity index (χ0n) is 17.1. The van der Waals surface area contributed by atoms with E-state index >= 15 is 0 Å². The standard InChI is InChI=1S/C21H27BrCl2N2O2.2ClH/c1-3-25-8-5-9-26-13-15-10-18(22)21(20(11-15)27-4-2)28-14-16-6-7-17(23)12-19(16)24;;/h6-7,10-12,25-26H,3-5,8-9,13-14H2,1-2H3;2*1H. The fourth-order valence-corrected chi connectivity index (χ4v) is 3.73. The quantitative estimate of drug-likeness (QED) is 0.284. The van der Waals surface area contributed by atoms with Crippen LogP contribution in [0.25, 0.3) is 0 Å². The second kappa shape index (κ2) is 16.3. The average Bonchev–Trinajstić information content (AvgIpc) is 2.65. The Bertz CT molecular complexity index is 766. The lowest BCUT2D eigenvalue weighted by Crippen LogP contribution is -2.21. The van der Waals surface area contributed by atoms with Crippen LogP contribution >= 0.6 is 63.9 Å². The van der Waals surface area contributed by atoms with Crippen molar-refractivity contribution in [3.8, 4) is 11.5 Å². The first-order valence-electron chi connectivity index (χ1n) is 9.48. The molecular weight excluding hydrogens is 534 g/mol. The van der Waals surface area contributed by atoms with Crippen molar-refractivity contribution in [1.29, 1.82) is 0 Å². The van der Waals surface area contributed by atoms with Crippen LogP contribution in [0.1, 0.15) is 31.4 Å². The first kappa shape index (κ1) is 29.6. The summed E-state index contributed by atoms with van der Waals surface area (Å²) in [4.78, 5) is 0. The van der Waals surface area contributed by atoms with Crippen molar-refractivity contribution >= 4 is 63.9 Å². The molecular formula is C21H29BrCl4N2O2. The summed E-state index contributed by atoms with van der Waals surface area (Å²) in [6.07, 6.45) is 1.09. The van der Waals surface area contributed by atoms with E-state index in [2.05, 4.69) is 39.6 Å². The van der Waals surface area contributed by atoms with Crippen molar-refractivity contribution in [3.05, 3.63) is 56.0 Å². The second-order valence-corrected chi connectivity index (χ2v) is 7.94. The number of ether oxygens (including phenoxy) is 2. The Morgan fingerprint density at radius 2 is 1.70 bits per heavy atom. The summed E-state index contributed by atoms with van der Waals surface area (Å²) in [5.41, 5.74) is 2.00. The van der Waals surface area contributed by atoms with E-state index in [-0.39, 0.29) is 24.8 Å². The van der Waals surface area contributed by atoms with Gasteiger partial charge in [0.25, 0.3) is 0 Å². The van der Waals surface area contributed by atoms with Gasteiger partial charge in [-0.25, -0.2) is 0 Å². The molecule has 0 aromatic heterocycles. The maximum Gasteiger partial charge on any atom is 0.175 e. The lowest BCUT2D eigenvalue weighted by atomic mass is 10.2. The normalized spacial score (nSPS) is 10.2. The van der Waals surface area contributed by atoms with Crippen LogP contribution in [0.3, 0.4) is 0 Å². The van der Waals surface area contributed by atoms with Gasteiger partial charge in [0.1, 0.15) is 6.61 Å². The molecule has 0 unspecified atom stereocenters. The zero-order chi connectivity index (χ0) is 20.4. The van der Waals surface area contributed by atoms with Gasteiger partial charge in [-0.2, -0.15) is 0 Å². The van der Waals surface area contributed by atoms with E-state index < -0.39 is 0 Å². The third kappa shape index (κ3) is 9.82. The molecule has 0 atom stereocenters. The van der Waals surface area contributed by atoms with Crippen molar-refractivity contribution in [2.75, 3.05) is 26.2 Å². The molecule has 0 bridgehead atoms. The molecule has 0 aliphatic carbocycles. The highest BCUT2D eigenvalue weighted by atomic mass is 79.9. The Morgan fingerprint density at radius 1 is 0.967 bits per heavy atom. The lowest BCUT2D eigenvalue weighted by Gasteiger charge is -2.16. The number of rotatable bonds is 12. The molecule has 9 heteroatoms. The Hall–Kier alpha value is -0.400. The molecule has 0 aliphatic rings. The Kier molecular flexibility index (Phi) is 16.0. The highest BCUT2D eigenvalue weighted by Crippen LogP contribution is 2.38. The molecule has 30 heavy (non-hydrogen) atoms.